The molecular weight excluding hydrogens is 444 g/mol. The zero-order valence-corrected chi connectivity index (χ0v) is 19.2. The van der Waals surface area contributed by atoms with Crippen molar-refractivity contribution < 1.29 is 18.7 Å². The molecule has 0 bridgehead atoms. The van der Waals surface area contributed by atoms with Crippen LogP contribution in [0.2, 0.25) is 5.02 Å². The standard InChI is InChI=1S/C24H25ClN4O4/c1-15-3-5-17(6-4-15)24(9-11-32-12-10-24)14-26-21(30)19-8-7-18(13-20(19)25)27-22(31)23-29-28-16(2)33-23/h3-8,13H,9-12,14H2,1-2H3,(H,26,30)(H,27,31). The first kappa shape index (κ1) is 22.9. The maximum atomic E-state index is 12.9. The number of rotatable bonds is 6. The summed E-state index contributed by atoms with van der Waals surface area (Å²) < 4.78 is 10.7. The maximum Gasteiger partial charge on any atom is 0.313 e. The minimum absolute atomic E-state index is 0.150. The number of aromatic nitrogens is 2. The largest absolute Gasteiger partial charge is 0.417 e. The van der Waals surface area contributed by atoms with Gasteiger partial charge in [0.05, 0.1) is 10.6 Å². The molecule has 0 saturated carbocycles. The fourth-order valence-corrected chi connectivity index (χ4v) is 4.20. The van der Waals surface area contributed by atoms with Crippen molar-refractivity contribution in [2.45, 2.75) is 32.1 Å². The van der Waals surface area contributed by atoms with Crippen LogP contribution in [0.5, 0.6) is 0 Å². The van der Waals surface area contributed by atoms with Crippen LogP contribution < -0.4 is 10.6 Å². The van der Waals surface area contributed by atoms with Gasteiger partial charge in [0, 0.05) is 37.8 Å². The Bertz CT molecular complexity index is 1150. The first-order valence-corrected chi connectivity index (χ1v) is 11.1. The molecule has 2 aromatic carbocycles. The second kappa shape index (κ2) is 9.72. The van der Waals surface area contributed by atoms with Crippen LogP contribution in [0.25, 0.3) is 0 Å². The van der Waals surface area contributed by atoms with Gasteiger partial charge in [-0.25, -0.2) is 0 Å². The molecule has 1 aromatic heterocycles. The summed E-state index contributed by atoms with van der Waals surface area (Å²) in [6, 6.07) is 13.1. The van der Waals surface area contributed by atoms with E-state index >= 15 is 0 Å². The molecule has 2 heterocycles. The van der Waals surface area contributed by atoms with Crippen LogP contribution in [0, 0.1) is 13.8 Å². The number of amides is 2. The van der Waals surface area contributed by atoms with Crippen LogP contribution in [0.4, 0.5) is 5.69 Å². The second-order valence-electron chi connectivity index (χ2n) is 8.22. The lowest BCUT2D eigenvalue weighted by molar-refractivity contribution is 0.0487. The Labute approximate surface area is 196 Å². The maximum absolute atomic E-state index is 12.9. The third kappa shape index (κ3) is 5.23. The predicted molar refractivity (Wildman–Crippen MR) is 124 cm³/mol. The highest BCUT2D eigenvalue weighted by molar-refractivity contribution is 6.34. The summed E-state index contributed by atoms with van der Waals surface area (Å²) in [5.74, 6) is -0.687. The fourth-order valence-electron chi connectivity index (χ4n) is 3.93. The van der Waals surface area contributed by atoms with E-state index in [4.69, 9.17) is 20.8 Å². The number of benzene rings is 2. The number of halogens is 1. The Morgan fingerprint density at radius 3 is 2.39 bits per heavy atom. The Balaban J connectivity index is 1.45. The number of hydrogen-bond donors (Lipinski definition) is 2. The molecule has 0 unspecified atom stereocenters. The summed E-state index contributed by atoms with van der Waals surface area (Å²) in [7, 11) is 0. The molecule has 172 valence electrons. The van der Waals surface area contributed by atoms with Gasteiger partial charge in [-0.15, -0.1) is 10.2 Å². The van der Waals surface area contributed by atoms with Crippen LogP contribution in [0.1, 0.15) is 50.9 Å². The van der Waals surface area contributed by atoms with Gasteiger partial charge in [0.1, 0.15) is 0 Å². The smallest absolute Gasteiger partial charge is 0.313 e. The van der Waals surface area contributed by atoms with Crippen LogP contribution in [-0.4, -0.2) is 41.8 Å². The number of hydrogen-bond acceptors (Lipinski definition) is 6. The number of nitrogens with one attached hydrogen (secondary N) is 2. The Hall–Kier alpha value is -3.23. The summed E-state index contributed by atoms with van der Waals surface area (Å²) in [6.45, 7) is 5.43. The lowest BCUT2D eigenvalue weighted by atomic mass is 9.74. The highest BCUT2D eigenvalue weighted by atomic mass is 35.5. The van der Waals surface area contributed by atoms with Gasteiger partial charge in [-0.2, -0.15) is 0 Å². The first-order chi connectivity index (χ1) is 15.9. The van der Waals surface area contributed by atoms with Crippen molar-refractivity contribution >= 4 is 29.1 Å². The molecule has 2 amide bonds. The van der Waals surface area contributed by atoms with E-state index in [9.17, 15) is 9.59 Å². The van der Waals surface area contributed by atoms with E-state index in [1.165, 1.54) is 17.2 Å². The van der Waals surface area contributed by atoms with Gasteiger partial charge in [-0.3, -0.25) is 9.59 Å². The summed E-state index contributed by atoms with van der Waals surface area (Å²) in [5.41, 5.74) is 2.94. The van der Waals surface area contributed by atoms with Gasteiger partial charge in [-0.1, -0.05) is 41.4 Å². The zero-order chi connectivity index (χ0) is 23.4. The van der Waals surface area contributed by atoms with Crippen molar-refractivity contribution in [1.29, 1.82) is 0 Å². The molecule has 1 fully saturated rings. The summed E-state index contributed by atoms with van der Waals surface area (Å²) in [4.78, 5) is 25.1. The van der Waals surface area contributed by atoms with Crippen molar-refractivity contribution in [3.63, 3.8) is 0 Å². The van der Waals surface area contributed by atoms with E-state index in [2.05, 4.69) is 52.0 Å². The number of carbonyl (C=O) groups is 2. The normalized spacial score (nSPS) is 15.1. The van der Waals surface area contributed by atoms with E-state index in [0.29, 0.717) is 31.0 Å². The van der Waals surface area contributed by atoms with Gasteiger partial charge in [0.2, 0.25) is 5.89 Å². The number of ether oxygens (including phenoxy) is 1. The predicted octanol–water partition coefficient (Wildman–Crippen LogP) is 4.07. The van der Waals surface area contributed by atoms with Gasteiger partial charge in [-0.05, 0) is 43.5 Å². The molecule has 1 saturated heterocycles. The van der Waals surface area contributed by atoms with Gasteiger partial charge in [0.15, 0.2) is 0 Å². The summed E-state index contributed by atoms with van der Waals surface area (Å²) in [6.07, 6.45) is 1.65. The van der Waals surface area contributed by atoms with E-state index in [1.54, 1.807) is 19.1 Å². The quantitative estimate of drug-likeness (QED) is 0.564. The van der Waals surface area contributed by atoms with Gasteiger partial charge < -0.3 is 19.8 Å². The SMILES string of the molecule is Cc1ccc(C2(CNC(=O)c3ccc(NC(=O)c4nnc(C)o4)cc3Cl)CCOCC2)cc1. The molecule has 3 aromatic rings. The second-order valence-corrected chi connectivity index (χ2v) is 8.62. The average Bonchev–Trinajstić information content (AvgIpc) is 3.25. The van der Waals surface area contributed by atoms with Crippen molar-refractivity contribution in [2.24, 2.45) is 0 Å². The molecule has 4 rings (SSSR count). The Morgan fingerprint density at radius 2 is 1.76 bits per heavy atom. The van der Waals surface area contributed by atoms with E-state index < -0.39 is 5.91 Å². The number of carbonyl (C=O) groups excluding carboxylic acids is 2. The van der Waals surface area contributed by atoms with E-state index in [0.717, 1.165) is 12.8 Å². The number of aryl methyl sites for hydroxylation is 2. The molecular formula is C24H25ClN4O4. The molecule has 2 N–H and O–H groups in total. The molecule has 0 radical (unpaired) electrons. The van der Waals surface area contributed by atoms with Crippen LogP contribution in [0.3, 0.4) is 0 Å². The van der Waals surface area contributed by atoms with Crippen molar-refractivity contribution in [3.8, 4) is 0 Å². The minimum atomic E-state index is -0.552. The van der Waals surface area contributed by atoms with Crippen LogP contribution >= 0.6 is 11.6 Å². The molecule has 33 heavy (non-hydrogen) atoms. The third-order valence-electron chi connectivity index (χ3n) is 5.89. The molecule has 0 atom stereocenters. The van der Waals surface area contributed by atoms with Crippen LogP contribution in [-0.2, 0) is 10.2 Å². The topological polar surface area (TPSA) is 106 Å². The minimum Gasteiger partial charge on any atom is -0.417 e. The fraction of sp³-hybridized carbons (Fsp3) is 0.333. The van der Waals surface area contributed by atoms with Crippen molar-refractivity contribution in [3.05, 3.63) is 76.0 Å². The van der Waals surface area contributed by atoms with E-state index in [-0.39, 0.29) is 28.1 Å². The Kier molecular flexibility index (Phi) is 6.76. The highest BCUT2D eigenvalue weighted by Crippen LogP contribution is 2.34. The van der Waals surface area contributed by atoms with Gasteiger partial charge in [0.25, 0.3) is 5.91 Å². The summed E-state index contributed by atoms with van der Waals surface area (Å²) in [5, 5.41) is 13.2. The van der Waals surface area contributed by atoms with E-state index in [1.807, 2.05) is 0 Å². The molecule has 9 heteroatoms. The van der Waals surface area contributed by atoms with Crippen LogP contribution in [0.15, 0.2) is 46.9 Å². The highest BCUT2D eigenvalue weighted by Gasteiger charge is 2.35. The molecule has 1 aliphatic heterocycles. The molecule has 0 aliphatic carbocycles. The average molecular weight is 469 g/mol. The molecule has 1 aliphatic rings. The Morgan fingerprint density at radius 1 is 1.03 bits per heavy atom. The van der Waals surface area contributed by atoms with Crippen molar-refractivity contribution in [2.75, 3.05) is 25.1 Å². The third-order valence-corrected chi connectivity index (χ3v) is 6.21. The van der Waals surface area contributed by atoms with Gasteiger partial charge >= 0.3 is 11.8 Å². The number of nitrogens with zero attached hydrogens (tertiary/aromatic N) is 2. The zero-order valence-electron chi connectivity index (χ0n) is 18.5. The lowest BCUT2D eigenvalue weighted by Gasteiger charge is -2.38. The summed E-state index contributed by atoms with van der Waals surface area (Å²) >= 11 is 6.36. The molecule has 0 spiro atoms. The van der Waals surface area contributed by atoms with Crippen molar-refractivity contribution in [1.82, 2.24) is 15.5 Å². The first-order valence-electron chi connectivity index (χ1n) is 10.7. The molecule has 8 nitrogen and oxygen atoms in total. The monoisotopic (exact) mass is 468 g/mol. The lowest BCUT2D eigenvalue weighted by Crippen LogP contribution is -2.44. The number of anilines is 1.